The number of sulfonamides is 1. The lowest BCUT2D eigenvalue weighted by Crippen LogP contribution is -2.29. The number of carboxylic acid groups (broad SMARTS) is 1. The highest BCUT2D eigenvalue weighted by molar-refractivity contribution is 7.89. The molecule has 2 heterocycles. The molecule has 0 aromatic carbocycles. The molecule has 0 aliphatic carbocycles. The molecule has 8 heteroatoms. The summed E-state index contributed by atoms with van der Waals surface area (Å²) in [6.07, 6.45) is 1.32. The van der Waals surface area contributed by atoms with Crippen molar-refractivity contribution in [3.8, 4) is 0 Å². The number of rotatable bonds is 5. The van der Waals surface area contributed by atoms with E-state index in [4.69, 9.17) is 5.11 Å². The van der Waals surface area contributed by atoms with Crippen LogP contribution >= 0.6 is 11.3 Å². The Balaban J connectivity index is 2.37. The van der Waals surface area contributed by atoms with Gasteiger partial charge in [-0.25, -0.2) is 13.2 Å². The first-order valence-electron chi connectivity index (χ1n) is 6.16. The van der Waals surface area contributed by atoms with Crippen LogP contribution in [0.5, 0.6) is 0 Å². The van der Waals surface area contributed by atoms with Gasteiger partial charge in [0.2, 0.25) is 10.0 Å². The van der Waals surface area contributed by atoms with Crippen LogP contribution in [-0.4, -0.2) is 35.4 Å². The normalized spacial score (nSPS) is 13.5. The highest BCUT2D eigenvalue weighted by Gasteiger charge is 2.29. The lowest BCUT2D eigenvalue weighted by atomic mass is 10.3. The van der Waals surface area contributed by atoms with Crippen LogP contribution in [0.4, 0.5) is 0 Å². The molecule has 0 saturated carbocycles. The third-order valence-corrected chi connectivity index (χ3v) is 6.31. The van der Waals surface area contributed by atoms with Gasteiger partial charge in [-0.3, -0.25) is 0 Å². The van der Waals surface area contributed by atoms with E-state index in [0.717, 1.165) is 4.88 Å². The van der Waals surface area contributed by atoms with Crippen molar-refractivity contribution in [3.63, 3.8) is 0 Å². The molecule has 21 heavy (non-hydrogen) atoms. The Morgan fingerprint density at radius 3 is 2.62 bits per heavy atom. The highest BCUT2D eigenvalue weighted by atomic mass is 32.2. The summed E-state index contributed by atoms with van der Waals surface area (Å²) < 4.78 is 27.7. The van der Waals surface area contributed by atoms with Crippen LogP contribution in [0, 0.1) is 0 Å². The van der Waals surface area contributed by atoms with E-state index in [1.165, 1.54) is 46.6 Å². The molecular formula is C13H16N2O4S2. The average Bonchev–Trinajstić information content (AvgIpc) is 3.05. The monoisotopic (exact) mass is 328 g/mol. The van der Waals surface area contributed by atoms with Crippen molar-refractivity contribution in [3.05, 3.63) is 40.3 Å². The van der Waals surface area contributed by atoms with Crippen LogP contribution in [0.25, 0.3) is 0 Å². The summed E-state index contributed by atoms with van der Waals surface area (Å²) in [6.45, 7) is 1.80. The van der Waals surface area contributed by atoms with E-state index >= 15 is 0 Å². The van der Waals surface area contributed by atoms with Crippen molar-refractivity contribution >= 4 is 27.3 Å². The van der Waals surface area contributed by atoms with Crippen molar-refractivity contribution in [2.45, 2.75) is 17.9 Å². The van der Waals surface area contributed by atoms with Crippen LogP contribution in [0.15, 0.2) is 34.7 Å². The third kappa shape index (κ3) is 2.87. The van der Waals surface area contributed by atoms with Crippen LogP contribution in [0.1, 0.15) is 28.3 Å². The Hall–Kier alpha value is -1.64. The van der Waals surface area contributed by atoms with E-state index < -0.39 is 16.0 Å². The Kier molecular flexibility index (Phi) is 4.22. The van der Waals surface area contributed by atoms with Crippen LogP contribution in [-0.2, 0) is 17.1 Å². The molecule has 2 rings (SSSR count). The predicted octanol–water partition coefficient (Wildman–Crippen LogP) is 2.17. The van der Waals surface area contributed by atoms with Gasteiger partial charge in [-0.2, -0.15) is 4.31 Å². The van der Waals surface area contributed by atoms with Gasteiger partial charge in [0.25, 0.3) is 0 Å². The van der Waals surface area contributed by atoms with Gasteiger partial charge in [-0.1, -0.05) is 6.07 Å². The van der Waals surface area contributed by atoms with E-state index in [1.807, 2.05) is 17.5 Å². The summed E-state index contributed by atoms with van der Waals surface area (Å²) in [4.78, 5) is 11.9. The molecule has 2 aromatic rings. The van der Waals surface area contributed by atoms with Crippen molar-refractivity contribution in [1.29, 1.82) is 0 Å². The van der Waals surface area contributed by atoms with Crippen molar-refractivity contribution in [1.82, 2.24) is 8.87 Å². The molecule has 6 nitrogen and oxygen atoms in total. The lowest BCUT2D eigenvalue weighted by Gasteiger charge is -2.22. The van der Waals surface area contributed by atoms with Gasteiger partial charge in [0.15, 0.2) is 0 Å². The minimum Gasteiger partial charge on any atom is -0.477 e. The molecule has 0 amide bonds. The largest absolute Gasteiger partial charge is 0.477 e. The summed E-state index contributed by atoms with van der Waals surface area (Å²) in [6, 6.07) is 4.59. The minimum absolute atomic E-state index is 0.0201. The zero-order chi connectivity index (χ0) is 15.8. The van der Waals surface area contributed by atoms with Gasteiger partial charge < -0.3 is 9.67 Å². The van der Waals surface area contributed by atoms with Gasteiger partial charge in [0.05, 0.1) is 6.04 Å². The number of hydrogen-bond donors (Lipinski definition) is 1. The molecule has 1 unspecified atom stereocenters. The van der Waals surface area contributed by atoms with Gasteiger partial charge in [-0.15, -0.1) is 11.3 Å². The molecule has 0 aliphatic heterocycles. The topological polar surface area (TPSA) is 79.6 Å². The summed E-state index contributed by atoms with van der Waals surface area (Å²) >= 11 is 1.48. The SMILES string of the molecule is CC(c1cccs1)N(C)S(=O)(=O)c1cc(C(=O)O)n(C)c1. The number of aromatic carboxylic acids is 1. The number of aryl methyl sites for hydroxylation is 1. The summed E-state index contributed by atoms with van der Waals surface area (Å²) in [5.41, 5.74) is -0.0641. The fourth-order valence-electron chi connectivity index (χ4n) is 1.97. The highest BCUT2D eigenvalue weighted by Crippen LogP contribution is 2.29. The van der Waals surface area contributed by atoms with E-state index in [0.29, 0.717) is 0 Å². The smallest absolute Gasteiger partial charge is 0.352 e. The second-order valence-corrected chi connectivity index (χ2v) is 7.67. The lowest BCUT2D eigenvalue weighted by molar-refractivity contribution is 0.0686. The van der Waals surface area contributed by atoms with Crippen LogP contribution in [0.3, 0.4) is 0 Å². The minimum atomic E-state index is -3.74. The van der Waals surface area contributed by atoms with E-state index in [1.54, 1.807) is 6.92 Å². The maximum atomic E-state index is 12.6. The summed E-state index contributed by atoms with van der Waals surface area (Å²) in [5.74, 6) is -1.16. The number of carboxylic acids is 1. The fraction of sp³-hybridized carbons (Fsp3) is 0.308. The van der Waals surface area contributed by atoms with Crippen LogP contribution in [0.2, 0.25) is 0 Å². The molecule has 0 saturated heterocycles. The zero-order valence-corrected chi connectivity index (χ0v) is 13.5. The predicted molar refractivity (Wildman–Crippen MR) is 80.1 cm³/mol. The molecular weight excluding hydrogens is 312 g/mol. The molecule has 0 fully saturated rings. The molecule has 1 atom stereocenters. The number of carbonyl (C=O) groups is 1. The van der Waals surface area contributed by atoms with Gasteiger partial charge in [0.1, 0.15) is 10.6 Å². The maximum absolute atomic E-state index is 12.6. The quantitative estimate of drug-likeness (QED) is 0.912. The molecule has 0 spiro atoms. The number of nitrogens with zero attached hydrogens (tertiary/aromatic N) is 2. The van der Waals surface area contributed by atoms with E-state index in [9.17, 15) is 13.2 Å². The van der Waals surface area contributed by atoms with Gasteiger partial charge in [0, 0.05) is 25.2 Å². The van der Waals surface area contributed by atoms with E-state index in [2.05, 4.69) is 0 Å². The third-order valence-electron chi connectivity index (χ3n) is 3.38. The fourth-order valence-corrected chi connectivity index (χ4v) is 4.28. The molecule has 1 N–H and O–H groups in total. The van der Waals surface area contributed by atoms with Gasteiger partial charge in [-0.05, 0) is 24.4 Å². The molecule has 0 aliphatic rings. The Morgan fingerprint density at radius 1 is 1.48 bits per heavy atom. The zero-order valence-electron chi connectivity index (χ0n) is 11.8. The molecule has 2 aromatic heterocycles. The Labute approximate surface area is 127 Å². The molecule has 0 bridgehead atoms. The molecule has 0 radical (unpaired) electrons. The first-order chi connectivity index (χ1) is 9.75. The van der Waals surface area contributed by atoms with E-state index in [-0.39, 0.29) is 16.6 Å². The van der Waals surface area contributed by atoms with Crippen molar-refractivity contribution < 1.29 is 18.3 Å². The maximum Gasteiger partial charge on any atom is 0.352 e. The first-order valence-corrected chi connectivity index (χ1v) is 8.48. The van der Waals surface area contributed by atoms with Gasteiger partial charge >= 0.3 is 5.97 Å². The summed E-state index contributed by atoms with van der Waals surface area (Å²) in [7, 11) is -0.745. The second-order valence-electron chi connectivity index (χ2n) is 4.69. The second kappa shape index (κ2) is 5.63. The standard InChI is InChI=1S/C13H16N2O4S2/c1-9(12-5-4-6-20-12)15(3)21(18,19)10-7-11(13(16)17)14(2)8-10/h4-9H,1-3H3,(H,16,17). The first kappa shape index (κ1) is 15.7. The Bertz CT molecular complexity index is 747. The van der Waals surface area contributed by atoms with Crippen molar-refractivity contribution in [2.75, 3.05) is 7.05 Å². The number of hydrogen-bond acceptors (Lipinski definition) is 4. The summed E-state index contributed by atoms with van der Waals surface area (Å²) in [5, 5.41) is 10.9. The molecule has 114 valence electrons. The average molecular weight is 328 g/mol. The van der Waals surface area contributed by atoms with Crippen molar-refractivity contribution in [2.24, 2.45) is 7.05 Å². The Morgan fingerprint density at radius 2 is 2.14 bits per heavy atom. The number of thiophene rings is 1. The number of aromatic nitrogens is 1. The van der Waals surface area contributed by atoms with Crippen LogP contribution < -0.4 is 0 Å².